The average Bonchev–Trinajstić information content (AvgIpc) is 3.35. The van der Waals surface area contributed by atoms with E-state index in [1.54, 1.807) is 0 Å². The number of allylic oxidation sites excluding steroid dienone is 2. The number of carboxylic acid groups (broad SMARTS) is 1. The van der Waals surface area contributed by atoms with E-state index in [2.05, 4.69) is 26.0 Å². The van der Waals surface area contributed by atoms with E-state index in [0.29, 0.717) is 17.4 Å². The fourth-order valence-electron chi connectivity index (χ4n) is 9.42. The Labute approximate surface area is 446 Å². The zero-order valence-corrected chi connectivity index (χ0v) is 48.6. The smallest absolute Gasteiger partial charge is 0.306 e. The molecule has 0 aromatic rings. The Morgan fingerprint density at radius 2 is 0.708 bits per heavy atom. The second-order valence-corrected chi connectivity index (χ2v) is 22.7. The summed E-state index contributed by atoms with van der Waals surface area (Å²) in [6.45, 7) is 4.82. The molecule has 2 atom stereocenters. The maximum atomic E-state index is 12.9. The molecule has 0 bridgehead atoms. The van der Waals surface area contributed by atoms with Crippen LogP contribution in [0.2, 0.25) is 0 Å². The van der Waals surface area contributed by atoms with Gasteiger partial charge < -0.3 is 33.3 Å². The van der Waals surface area contributed by atoms with Gasteiger partial charge in [-0.2, -0.15) is 0 Å². The Balaban J connectivity index is 4.15. The Bertz CT molecular complexity index is 1190. The Morgan fingerprint density at radius 3 is 1.03 bits per heavy atom. The van der Waals surface area contributed by atoms with Crippen molar-refractivity contribution in [1.29, 1.82) is 0 Å². The first-order chi connectivity index (χ1) is 35.1. The molecule has 0 N–H and O–H groups in total. The van der Waals surface area contributed by atoms with E-state index in [9.17, 15) is 19.5 Å². The number of unbranched alkanes of at least 4 members (excludes halogenated alkanes) is 42. The lowest BCUT2D eigenvalue weighted by Gasteiger charge is -2.26. The van der Waals surface area contributed by atoms with Gasteiger partial charge in [0.05, 0.1) is 40.3 Å². The molecule has 0 aromatic carbocycles. The average molecular weight is 1020 g/mol. The van der Waals surface area contributed by atoms with Crippen molar-refractivity contribution in [2.45, 2.75) is 328 Å². The Morgan fingerprint density at radius 1 is 0.403 bits per heavy atom. The summed E-state index contributed by atoms with van der Waals surface area (Å²) in [6.07, 6.45) is 61.3. The van der Waals surface area contributed by atoms with Crippen LogP contribution in [0.3, 0.4) is 0 Å². The molecular formula is C63H121NO8. The number of nitrogens with zero attached hydrogens (tertiary/aromatic N) is 1. The van der Waals surface area contributed by atoms with Crippen LogP contribution in [0.4, 0.5) is 0 Å². The van der Waals surface area contributed by atoms with Gasteiger partial charge in [0.15, 0.2) is 12.4 Å². The number of esters is 2. The van der Waals surface area contributed by atoms with Crippen LogP contribution < -0.4 is 5.11 Å². The molecule has 9 heteroatoms. The normalized spacial score (nSPS) is 12.7. The Kier molecular flexibility index (Phi) is 53.8. The summed E-state index contributed by atoms with van der Waals surface area (Å²) in [6, 6.07) is 0. The summed E-state index contributed by atoms with van der Waals surface area (Å²) >= 11 is 0. The van der Waals surface area contributed by atoms with E-state index in [0.717, 1.165) is 38.5 Å². The second-order valence-electron chi connectivity index (χ2n) is 22.7. The minimum absolute atomic E-state index is 0.152. The number of carbonyl (C=O) groups excluding carboxylic acids is 3. The molecule has 2 unspecified atom stereocenters. The summed E-state index contributed by atoms with van der Waals surface area (Å²) in [7, 11) is 5.94. The van der Waals surface area contributed by atoms with Crippen molar-refractivity contribution in [3.05, 3.63) is 12.2 Å². The third-order valence-corrected chi connectivity index (χ3v) is 14.3. The molecule has 0 aliphatic heterocycles. The van der Waals surface area contributed by atoms with Gasteiger partial charge in [0, 0.05) is 12.8 Å². The molecule has 0 radical (unpaired) electrons. The highest BCUT2D eigenvalue weighted by Gasteiger charge is 2.22. The van der Waals surface area contributed by atoms with Crippen LogP contribution in [0, 0.1) is 0 Å². The first-order valence-corrected chi connectivity index (χ1v) is 31.3. The molecule has 0 aromatic heterocycles. The van der Waals surface area contributed by atoms with Gasteiger partial charge in [-0.05, 0) is 38.5 Å². The molecule has 0 heterocycles. The van der Waals surface area contributed by atoms with E-state index in [4.69, 9.17) is 18.9 Å². The summed E-state index contributed by atoms with van der Waals surface area (Å²) in [5.74, 6) is -2.25. The van der Waals surface area contributed by atoms with E-state index in [1.165, 1.54) is 250 Å². The van der Waals surface area contributed by atoms with Crippen LogP contribution in [-0.2, 0) is 33.3 Å². The Hall–Kier alpha value is -1.97. The number of likely N-dealkylation sites (N-methyl/N-ethyl adjacent to an activating group) is 1. The minimum Gasteiger partial charge on any atom is -0.545 e. The van der Waals surface area contributed by atoms with Gasteiger partial charge >= 0.3 is 11.9 Å². The summed E-state index contributed by atoms with van der Waals surface area (Å²) in [5, 5.41) is 11.8. The quantitative estimate of drug-likeness (QED) is 0.0195. The van der Waals surface area contributed by atoms with Gasteiger partial charge in [0.25, 0.3) is 0 Å². The first-order valence-electron chi connectivity index (χ1n) is 31.3. The molecule has 0 saturated carbocycles. The van der Waals surface area contributed by atoms with Crippen LogP contribution in [0.5, 0.6) is 0 Å². The highest BCUT2D eigenvalue weighted by Crippen LogP contribution is 2.18. The zero-order chi connectivity index (χ0) is 52.7. The number of ether oxygens (including phenoxy) is 4. The number of hydrogen-bond donors (Lipinski definition) is 0. The number of quaternary nitrogens is 1. The summed E-state index contributed by atoms with van der Waals surface area (Å²) in [5.41, 5.74) is 0. The number of hydrogen-bond acceptors (Lipinski definition) is 8. The molecular weight excluding hydrogens is 899 g/mol. The molecule has 0 rings (SSSR count). The molecule has 0 saturated heterocycles. The van der Waals surface area contributed by atoms with Crippen molar-refractivity contribution in [2.75, 3.05) is 47.5 Å². The molecule has 72 heavy (non-hydrogen) atoms. The summed E-state index contributed by atoms with van der Waals surface area (Å²) in [4.78, 5) is 37.4. The topological polar surface area (TPSA) is 111 Å². The van der Waals surface area contributed by atoms with Crippen LogP contribution in [0.15, 0.2) is 12.2 Å². The largest absolute Gasteiger partial charge is 0.545 e. The molecule has 0 aliphatic carbocycles. The van der Waals surface area contributed by atoms with E-state index in [1.807, 2.05) is 21.1 Å². The fourth-order valence-corrected chi connectivity index (χ4v) is 9.42. The number of rotatable bonds is 59. The van der Waals surface area contributed by atoms with Gasteiger partial charge in [0.1, 0.15) is 13.2 Å². The van der Waals surface area contributed by atoms with Crippen molar-refractivity contribution >= 4 is 17.9 Å². The number of carboxylic acids is 1. The highest BCUT2D eigenvalue weighted by atomic mass is 16.7. The van der Waals surface area contributed by atoms with Crippen molar-refractivity contribution in [1.82, 2.24) is 0 Å². The molecule has 9 nitrogen and oxygen atoms in total. The standard InChI is InChI=1S/C63H121NO8/c1-6-8-10-12-14-16-18-20-22-24-26-28-30-31-32-34-36-38-40-42-44-46-48-50-52-54-61(66)72-59(58-71-63(62(67)68)69-56-55-64(3,4)5)57-70-60(65)53-51-49-47-45-43-41-39-37-35-33-29-27-25-23-21-19-17-15-13-11-9-7-2/h24,26,59,63H,6-23,25,27-58H2,1-5H3/b26-24-. The molecule has 0 amide bonds. The van der Waals surface area contributed by atoms with Gasteiger partial charge in [-0.15, -0.1) is 0 Å². The molecule has 426 valence electrons. The molecule has 0 spiro atoms. The van der Waals surface area contributed by atoms with Gasteiger partial charge in [0.2, 0.25) is 0 Å². The fraction of sp³-hybridized carbons (Fsp3) is 0.921. The third kappa shape index (κ3) is 55.8. The predicted octanol–water partition coefficient (Wildman–Crippen LogP) is 17.2. The van der Waals surface area contributed by atoms with Crippen LogP contribution in [-0.4, -0.2) is 82.3 Å². The van der Waals surface area contributed by atoms with Crippen LogP contribution in [0.25, 0.3) is 0 Å². The van der Waals surface area contributed by atoms with E-state index in [-0.39, 0.29) is 32.2 Å². The second kappa shape index (κ2) is 55.3. The van der Waals surface area contributed by atoms with Crippen LogP contribution in [0.1, 0.15) is 316 Å². The van der Waals surface area contributed by atoms with Crippen molar-refractivity contribution in [3.8, 4) is 0 Å². The lowest BCUT2D eigenvalue weighted by Crippen LogP contribution is -2.44. The highest BCUT2D eigenvalue weighted by molar-refractivity contribution is 5.70. The third-order valence-electron chi connectivity index (χ3n) is 14.3. The lowest BCUT2D eigenvalue weighted by atomic mass is 10.0. The van der Waals surface area contributed by atoms with E-state index < -0.39 is 24.3 Å². The minimum atomic E-state index is -1.62. The van der Waals surface area contributed by atoms with Crippen molar-refractivity contribution < 1.29 is 42.9 Å². The molecule has 0 fully saturated rings. The predicted molar refractivity (Wildman–Crippen MR) is 302 cm³/mol. The first kappa shape index (κ1) is 70.0. The maximum Gasteiger partial charge on any atom is 0.306 e. The van der Waals surface area contributed by atoms with Gasteiger partial charge in [-0.3, -0.25) is 9.59 Å². The monoisotopic (exact) mass is 1020 g/mol. The zero-order valence-electron chi connectivity index (χ0n) is 48.6. The SMILES string of the molecule is CCCCCCCCCC/C=C\CCCCCCCCCCCCCCCC(=O)OC(COC(=O)CCCCCCCCCCCCCCCCCCCCCCCC)COC(OCC[N+](C)(C)C)C(=O)[O-]. The van der Waals surface area contributed by atoms with Gasteiger partial charge in [-0.25, -0.2) is 0 Å². The summed E-state index contributed by atoms with van der Waals surface area (Å²) < 4.78 is 22.8. The van der Waals surface area contributed by atoms with Crippen LogP contribution >= 0.6 is 0 Å². The maximum absolute atomic E-state index is 12.9. The van der Waals surface area contributed by atoms with E-state index >= 15 is 0 Å². The molecule has 0 aliphatic rings. The number of aliphatic carboxylic acids is 1. The van der Waals surface area contributed by atoms with Crippen molar-refractivity contribution in [3.63, 3.8) is 0 Å². The number of carbonyl (C=O) groups is 3. The van der Waals surface area contributed by atoms with Gasteiger partial charge in [-0.1, -0.05) is 276 Å². The lowest BCUT2D eigenvalue weighted by molar-refractivity contribution is -0.870. The van der Waals surface area contributed by atoms with Crippen molar-refractivity contribution in [2.24, 2.45) is 0 Å².